The standard InChI is InChI=1S/C13H19ClN2O2S/c1-9(2)8-16(10-6-7-10)19(17,18)13-11(14)4-3-5-12(13)15/h3-5,9-10H,6-8,15H2,1-2H3. The number of benzene rings is 1. The Hall–Kier alpha value is -0.780. The van der Waals surface area contributed by atoms with E-state index in [1.165, 1.54) is 0 Å². The summed E-state index contributed by atoms with van der Waals surface area (Å²) in [6.45, 7) is 4.50. The Morgan fingerprint density at radius 1 is 1.42 bits per heavy atom. The summed E-state index contributed by atoms with van der Waals surface area (Å²) in [7, 11) is -3.62. The van der Waals surface area contributed by atoms with E-state index in [0.29, 0.717) is 6.54 Å². The average Bonchev–Trinajstić information content (AvgIpc) is 3.08. The van der Waals surface area contributed by atoms with Crippen molar-refractivity contribution in [3.05, 3.63) is 23.2 Å². The van der Waals surface area contributed by atoms with Crippen molar-refractivity contribution in [2.45, 2.75) is 37.6 Å². The highest BCUT2D eigenvalue weighted by molar-refractivity contribution is 7.89. The van der Waals surface area contributed by atoms with Crippen LogP contribution in [0.3, 0.4) is 0 Å². The summed E-state index contributed by atoms with van der Waals surface area (Å²) >= 11 is 6.03. The molecule has 0 radical (unpaired) electrons. The van der Waals surface area contributed by atoms with Crippen molar-refractivity contribution in [3.63, 3.8) is 0 Å². The minimum absolute atomic E-state index is 0.0456. The third-order valence-corrected chi connectivity index (χ3v) is 5.53. The number of nitrogens with zero attached hydrogens (tertiary/aromatic N) is 1. The first-order chi connectivity index (χ1) is 8.84. The minimum Gasteiger partial charge on any atom is -0.398 e. The first-order valence-corrected chi connectivity index (χ1v) is 8.21. The normalized spacial score (nSPS) is 16.3. The fraction of sp³-hybridized carbons (Fsp3) is 0.538. The van der Waals surface area contributed by atoms with Crippen LogP contribution in [0.4, 0.5) is 5.69 Å². The molecule has 0 amide bonds. The number of sulfonamides is 1. The molecule has 2 N–H and O–H groups in total. The van der Waals surface area contributed by atoms with Gasteiger partial charge in [-0.2, -0.15) is 4.31 Å². The van der Waals surface area contributed by atoms with Crippen molar-refractivity contribution < 1.29 is 8.42 Å². The van der Waals surface area contributed by atoms with Crippen LogP contribution >= 0.6 is 11.6 Å². The second-order valence-corrected chi connectivity index (χ2v) is 7.59. The highest BCUT2D eigenvalue weighted by Gasteiger charge is 2.39. The summed E-state index contributed by atoms with van der Waals surface area (Å²) in [5.41, 5.74) is 6.02. The predicted molar refractivity (Wildman–Crippen MR) is 77.6 cm³/mol. The Morgan fingerprint density at radius 2 is 2.05 bits per heavy atom. The smallest absolute Gasteiger partial charge is 0.246 e. The lowest BCUT2D eigenvalue weighted by Gasteiger charge is -2.24. The summed E-state index contributed by atoms with van der Waals surface area (Å²) in [5, 5.41) is 0.189. The van der Waals surface area contributed by atoms with E-state index in [2.05, 4.69) is 0 Å². The molecule has 0 heterocycles. The van der Waals surface area contributed by atoms with E-state index in [1.54, 1.807) is 22.5 Å². The lowest BCUT2D eigenvalue weighted by Crippen LogP contribution is -2.36. The predicted octanol–water partition coefficient (Wildman–Crippen LogP) is 2.73. The number of hydrogen-bond donors (Lipinski definition) is 1. The van der Waals surface area contributed by atoms with Gasteiger partial charge in [-0.25, -0.2) is 8.42 Å². The van der Waals surface area contributed by atoms with E-state index in [4.69, 9.17) is 17.3 Å². The van der Waals surface area contributed by atoms with Crippen LogP contribution in [0.1, 0.15) is 26.7 Å². The molecule has 0 unspecified atom stereocenters. The van der Waals surface area contributed by atoms with Gasteiger partial charge in [0.2, 0.25) is 10.0 Å². The SMILES string of the molecule is CC(C)CN(C1CC1)S(=O)(=O)c1c(N)cccc1Cl. The van der Waals surface area contributed by atoms with Crippen LogP contribution in [-0.4, -0.2) is 25.3 Å². The molecule has 106 valence electrons. The van der Waals surface area contributed by atoms with Crippen LogP contribution < -0.4 is 5.73 Å². The van der Waals surface area contributed by atoms with E-state index < -0.39 is 10.0 Å². The van der Waals surface area contributed by atoms with Gasteiger partial charge in [-0.15, -0.1) is 0 Å². The van der Waals surface area contributed by atoms with Crippen LogP contribution in [0.15, 0.2) is 23.1 Å². The van der Waals surface area contributed by atoms with Crippen LogP contribution in [0.2, 0.25) is 5.02 Å². The molecule has 19 heavy (non-hydrogen) atoms. The molecule has 4 nitrogen and oxygen atoms in total. The maximum atomic E-state index is 12.8. The molecule has 1 aliphatic rings. The van der Waals surface area contributed by atoms with Crippen molar-refractivity contribution >= 4 is 27.3 Å². The second kappa shape index (κ2) is 5.31. The first kappa shape index (κ1) is 14.6. The van der Waals surface area contributed by atoms with Crippen LogP contribution in [-0.2, 0) is 10.0 Å². The molecule has 0 aliphatic heterocycles. The molecule has 1 fully saturated rings. The number of anilines is 1. The van der Waals surface area contributed by atoms with Gasteiger partial charge in [-0.1, -0.05) is 31.5 Å². The zero-order valence-electron chi connectivity index (χ0n) is 11.1. The van der Waals surface area contributed by atoms with Gasteiger partial charge < -0.3 is 5.73 Å². The highest BCUT2D eigenvalue weighted by Crippen LogP contribution is 2.36. The average molecular weight is 303 g/mol. The van der Waals surface area contributed by atoms with Crippen LogP contribution in [0.25, 0.3) is 0 Å². The van der Waals surface area contributed by atoms with E-state index in [0.717, 1.165) is 12.8 Å². The molecule has 1 aliphatic carbocycles. The summed E-state index contributed by atoms with van der Waals surface area (Å²) in [4.78, 5) is 0.0456. The monoisotopic (exact) mass is 302 g/mol. The van der Waals surface area contributed by atoms with Crippen LogP contribution in [0.5, 0.6) is 0 Å². The molecule has 1 saturated carbocycles. The van der Waals surface area contributed by atoms with Crippen LogP contribution in [0, 0.1) is 5.92 Å². The molecule has 0 spiro atoms. The summed E-state index contributed by atoms with van der Waals surface area (Å²) < 4.78 is 27.1. The molecule has 0 bridgehead atoms. The number of nitrogens with two attached hydrogens (primary N) is 1. The number of halogens is 1. The first-order valence-electron chi connectivity index (χ1n) is 6.40. The summed E-state index contributed by atoms with van der Waals surface area (Å²) in [6.07, 6.45) is 1.83. The lowest BCUT2D eigenvalue weighted by molar-refractivity contribution is 0.360. The molecular weight excluding hydrogens is 284 g/mol. The van der Waals surface area contributed by atoms with Crippen molar-refractivity contribution in [1.82, 2.24) is 4.31 Å². The summed E-state index contributed by atoms with van der Waals surface area (Å²) in [5.74, 6) is 0.263. The Kier molecular flexibility index (Phi) is 4.08. The largest absolute Gasteiger partial charge is 0.398 e. The van der Waals surface area contributed by atoms with Gasteiger partial charge in [0.25, 0.3) is 0 Å². The molecule has 0 atom stereocenters. The number of hydrogen-bond acceptors (Lipinski definition) is 3. The Morgan fingerprint density at radius 3 is 2.53 bits per heavy atom. The van der Waals surface area contributed by atoms with Crippen molar-refractivity contribution in [3.8, 4) is 0 Å². The third-order valence-electron chi connectivity index (χ3n) is 3.06. The lowest BCUT2D eigenvalue weighted by atomic mass is 10.2. The molecule has 1 aromatic rings. The van der Waals surface area contributed by atoms with Gasteiger partial charge in [0, 0.05) is 12.6 Å². The molecule has 2 rings (SSSR count). The second-order valence-electron chi connectivity index (χ2n) is 5.36. The fourth-order valence-corrected chi connectivity index (χ4v) is 4.57. The Balaban J connectivity index is 2.45. The van der Waals surface area contributed by atoms with Gasteiger partial charge in [-0.3, -0.25) is 0 Å². The van der Waals surface area contributed by atoms with Crippen molar-refractivity contribution in [1.29, 1.82) is 0 Å². The molecule has 0 aromatic heterocycles. The molecule has 0 saturated heterocycles. The molecule has 6 heteroatoms. The van der Waals surface area contributed by atoms with Gasteiger partial charge in [0.1, 0.15) is 4.90 Å². The maximum Gasteiger partial charge on any atom is 0.246 e. The Labute approximate surface area is 119 Å². The quantitative estimate of drug-likeness (QED) is 0.851. The van der Waals surface area contributed by atoms with Gasteiger partial charge in [0.05, 0.1) is 10.7 Å². The van der Waals surface area contributed by atoms with Gasteiger partial charge >= 0.3 is 0 Å². The maximum absolute atomic E-state index is 12.8. The molecule has 1 aromatic carbocycles. The topological polar surface area (TPSA) is 63.4 Å². The number of nitrogen functional groups attached to an aromatic ring is 1. The van der Waals surface area contributed by atoms with E-state index in [-0.39, 0.29) is 27.6 Å². The fourth-order valence-electron chi connectivity index (χ4n) is 2.08. The Bertz CT molecular complexity index is 548. The highest BCUT2D eigenvalue weighted by atomic mass is 35.5. The zero-order chi connectivity index (χ0) is 14.2. The van der Waals surface area contributed by atoms with E-state index >= 15 is 0 Å². The summed E-state index contributed by atoms with van der Waals surface area (Å²) in [6, 6.07) is 4.88. The van der Waals surface area contributed by atoms with Crippen molar-refractivity contribution in [2.75, 3.05) is 12.3 Å². The molecular formula is C13H19ClN2O2S. The third kappa shape index (κ3) is 3.04. The van der Waals surface area contributed by atoms with E-state index in [1.807, 2.05) is 13.8 Å². The van der Waals surface area contributed by atoms with Gasteiger partial charge in [0.15, 0.2) is 0 Å². The van der Waals surface area contributed by atoms with Gasteiger partial charge in [-0.05, 0) is 30.9 Å². The number of rotatable bonds is 5. The zero-order valence-corrected chi connectivity index (χ0v) is 12.7. The van der Waals surface area contributed by atoms with Crippen molar-refractivity contribution in [2.24, 2.45) is 5.92 Å². The van der Waals surface area contributed by atoms with E-state index in [9.17, 15) is 8.42 Å². The minimum atomic E-state index is -3.62.